The van der Waals surface area contributed by atoms with Gasteiger partial charge in [0.05, 0.1) is 12.2 Å². The molecule has 3 rings (SSSR count). The lowest BCUT2D eigenvalue weighted by Crippen LogP contribution is -2.29. The highest BCUT2D eigenvalue weighted by Crippen LogP contribution is 2.30. The molecule has 2 aromatic rings. The van der Waals surface area contributed by atoms with E-state index in [1.807, 2.05) is 19.1 Å². The highest BCUT2D eigenvalue weighted by Gasteiger charge is 2.27. The number of unbranched alkanes of at least 4 members (excludes halogenated alkanes) is 8. The lowest BCUT2D eigenvalue weighted by molar-refractivity contribution is -0.157. The van der Waals surface area contributed by atoms with Crippen molar-refractivity contribution in [2.75, 3.05) is 6.61 Å². The molecule has 0 bridgehead atoms. The molecule has 5 nitrogen and oxygen atoms in total. The minimum Gasteiger partial charge on any atom is -0.491 e. The second-order valence-electron chi connectivity index (χ2n) is 12.2. The van der Waals surface area contributed by atoms with Crippen molar-refractivity contribution in [3.8, 4) is 11.5 Å². The van der Waals surface area contributed by atoms with Crippen molar-refractivity contribution in [3.63, 3.8) is 0 Å². The van der Waals surface area contributed by atoms with Crippen LogP contribution in [0.5, 0.6) is 11.5 Å². The minimum atomic E-state index is -1.51. The third kappa shape index (κ3) is 13.0. The second kappa shape index (κ2) is 20.1. The van der Waals surface area contributed by atoms with Crippen molar-refractivity contribution in [2.45, 2.75) is 135 Å². The van der Waals surface area contributed by atoms with Crippen LogP contribution in [-0.2, 0) is 16.0 Å². The average molecular weight is 615 g/mol. The summed E-state index contributed by atoms with van der Waals surface area (Å²) in [6.45, 7) is 4.64. The van der Waals surface area contributed by atoms with E-state index in [0.717, 1.165) is 69.4 Å². The fraction of sp³-hybridized carbons (Fsp3) is 0.622. The first-order chi connectivity index (χ1) is 21.4. The van der Waals surface area contributed by atoms with Crippen molar-refractivity contribution in [1.29, 1.82) is 0 Å². The molecule has 0 aromatic heterocycles. The van der Waals surface area contributed by atoms with E-state index >= 15 is 0 Å². The molecule has 44 heavy (non-hydrogen) atoms. The molecular weight excluding hydrogens is 562 g/mol. The Hall–Kier alpha value is -2.96. The molecule has 0 spiro atoms. The van der Waals surface area contributed by atoms with Crippen molar-refractivity contribution in [1.82, 2.24) is 0 Å². The molecule has 0 unspecified atom stereocenters. The fourth-order valence-electron chi connectivity index (χ4n) is 5.70. The predicted molar refractivity (Wildman–Crippen MR) is 170 cm³/mol. The summed E-state index contributed by atoms with van der Waals surface area (Å²) < 4.78 is 45.0. The molecule has 7 heteroatoms. The number of benzene rings is 2. The Labute approximate surface area is 263 Å². The summed E-state index contributed by atoms with van der Waals surface area (Å²) in [6, 6.07) is 11.6. The SMILES string of the molecule is CCCCCCCCCCOc1ccc(C(=O)Oc2ccc(CC[C@H]3CC[C@H](OC(=O)[C@@H](F)CCCC)CC3)cc2)cc1F. The first kappa shape index (κ1) is 35.5. The summed E-state index contributed by atoms with van der Waals surface area (Å²) in [7, 11) is 0. The lowest BCUT2D eigenvalue weighted by Gasteiger charge is -2.28. The van der Waals surface area contributed by atoms with E-state index in [-0.39, 0.29) is 23.8 Å². The van der Waals surface area contributed by atoms with Gasteiger partial charge < -0.3 is 14.2 Å². The Morgan fingerprint density at radius 1 is 0.841 bits per heavy atom. The monoisotopic (exact) mass is 614 g/mol. The summed E-state index contributed by atoms with van der Waals surface area (Å²) in [5.74, 6) is -0.803. The maximum absolute atomic E-state index is 14.6. The molecule has 2 aromatic carbocycles. The zero-order chi connectivity index (χ0) is 31.6. The van der Waals surface area contributed by atoms with Crippen LogP contribution in [0, 0.1) is 11.7 Å². The van der Waals surface area contributed by atoms with Crippen LogP contribution < -0.4 is 9.47 Å². The van der Waals surface area contributed by atoms with Gasteiger partial charge in [-0.1, -0.05) is 83.8 Å². The zero-order valence-corrected chi connectivity index (χ0v) is 26.8. The smallest absolute Gasteiger partial charge is 0.343 e. The third-order valence-corrected chi connectivity index (χ3v) is 8.54. The molecule has 1 aliphatic rings. The van der Waals surface area contributed by atoms with Gasteiger partial charge in [0.1, 0.15) is 11.9 Å². The van der Waals surface area contributed by atoms with E-state index in [2.05, 4.69) is 6.92 Å². The number of ether oxygens (including phenoxy) is 3. The first-order valence-corrected chi connectivity index (χ1v) is 17.0. The average Bonchev–Trinajstić information content (AvgIpc) is 3.03. The zero-order valence-electron chi connectivity index (χ0n) is 26.8. The first-order valence-electron chi connectivity index (χ1n) is 17.0. The Bertz CT molecular complexity index is 1110. The Balaban J connectivity index is 1.33. The molecule has 0 radical (unpaired) electrons. The molecule has 0 N–H and O–H groups in total. The molecule has 1 atom stereocenters. The van der Waals surface area contributed by atoms with E-state index < -0.39 is 23.9 Å². The van der Waals surface area contributed by atoms with E-state index in [4.69, 9.17) is 14.2 Å². The Morgan fingerprint density at radius 3 is 2.16 bits per heavy atom. The van der Waals surface area contributed by atoms with Gasteiger partial charge in [-0.2, -0.15) is 0 Å². The lowest BCUT2D eigenvalue weighted by atomic mass is 9.83. The molecule has 1 aliphatic carbocycles. The van der Waals surface area contributed by atoms with Crippen LogP contribution in [0.3, 0.4) is 0 Å². The number of hydrogen-bond acceptors (Lipinski definition) is 5. The molecule has 244 valence electrons. The molecule has 1 saturated carbocycles. The maximum Gasteiger partial charge on any atom is 0.343 e. The van der Waals surface area contributed by atoms with Crippen LogP contribution in [0.25, 0.3) is 0 Å². The number of carbonyl (C=O) groups excluding carboxylic acids is 2. The van der Waals surface area contributed by atoms with Crippen LogP contribution in [0.2, 0.25) is 0 Å². The fourth-order valence-corrected chi connectivity index (χ4v) is 5.70. The van der Waals surface area contributed by atoms with Gasteiger partial charge in [-0.3, -0.25) is 0 Å². The van der Waals surface area contributed by atoms with Crippen molar-refractivity contribution in [3.05, 3.63) is 59.4 Å². The van der Waals surface area contributed by atoms with E-state index in [0.29, 0.717) is 24.7 Å². The predicted octanol–water partition coefficient (Wildman–Crippen LogP) is 10.1. The number of alkyl halides is 1. The number of rotatable bonds is 20. The van der Waals surface area contributed by atoms with Gasteiger partial charge in [0.2, 0.25) is 0 Å². The van der Waals surface area contributed by atoms with Gasteiger partial charge in [-0.15, -0.1) is 0 Å². The van der Waals surface area contributed by atoms with Gasteiger partial charge in [0, 0.05) is 0 Å². The van der Waals surface area contributed by atoms with Crippen LogP contribution in [-0.4, -0.2) is 30.8 Å². The minimum absolute atomic E-state index is 0.135. The van der Waals surface area contributed by atoms with Crippen LogP contribution in [0.4, 0.5) is 8.78 Å². The summed E-state index contributed by atoms with van der Waals surface area (Å²) >= 11 is 0. The van der Waals surface area contributed by atoms with Crippen LogP contribution in [0.15, 0.2) is 42.5 Å². The maximum atomic E-state index is 14.6. The number of aryl methyl sites for hydroxylation is 1. The van der Waals surface area contributed by atoms with Crippen LogP contribution in [0.1, 0.15) is 133 Å². The molecule has 0 heterocycles. The van der Waals surface area contributed by atoms with Crippen LogP contribution >= 0.6 is 0 Å². The van der Waals surface area contributed by atoms with E-state index in [1.165, 1.54) is 50.7 Å². The summed E-state index contributed by atoms with van der Waals surface area (Å²) in [4.78, 5) is 24.6. The third-order valence-electron chi connectivity index (χ3n) is 8.54. The molecule has 0 amide bonds. The van der Waals surface area contributed by atoms with Crippen molar-refractivity contribution < 1.29 is 32.6 Å². The number of carbonyl (C=O) groups is 2. The quantitative estimate of drug-likeness (QED) is 0.0844. The summed E-state index contributed by atoms with van der Waals surface area (Å²) in [5.41, 5.74) is 1.27. The van der Waals surface area contributed by atoms with Crippen molar-refractivity contribution in [2.24, 2.45) is 5.92 Å². The van der Waals surface area contributed by atoms with E-state index in [9.17, 15) is 18.4 Å². The summed E-state index contributed by atoms with van der Waals surface area (Å²) in [5, 5.41) is 0. The highest BCUT2D eigenvalue weighted by atomic mass is 19.1. The molecule has 0 aliphatic heterocycles. The molecule has 1 fully saturated rings. The van der Waals surface area contributed by atoms with Gasteiger partial charge >= 0.3 is 11.9 Å². The number of hydrogen-bond donors (Lipinski definition) is 0. The van der Waals surface area contributed by atoms with E-state index in [1.54, 1.807) is 12.1 Å². The van der Waals surface area contributed by atoms with Crippen molar-refractivity contribution >= 4 is 11.9 Å². The standard InChI is InChI=1S/C37H52F2O5/c1-3-5-7-8-9-10-11-12-26-42-35-25-20-30(27-34(35)39)36(40)43-31-21-16-28(17-22-31)14-15-29-18-23-32(24-19-29)44-37(41)33(38)13-6-4-2/h16-17,20-22,25,27,29,32-33H,3-15,18-19,23-24,26H2,1-2H3/t29-,32-,33-/m0/s1. The number of esters is 2. The Kier molecular flexibility index (Phi) is 16.3. The number of halogens is 2. The van der Waals surface area contributed by atoms with Gasteiger partial charge in [0.25, 0.3) is 0 Å². The van der Waals surface area contributed by atoms with Gasteiger partial charge in [0.15, 0.2) is 17.7 Å². The Morgan fingerprint density at radius 2 is 1.50 bits per heavy atom. The second-order valence-corrected chi connectivity index (χ2v) is 12.2. The molecular formula is C37H52F2O5. The normalized spacial score (nSPS) is 17.2. The highest BCUT2D eigenvalue weighted by molar-refractivity contribution is 5.91. The topological polar surface area (TPSA) is 61.8 Å². The molecule has 0 saturated heterocycles. The largest absolute Gasteiger partial charge is 0.491 e. The summed E-state index contributed by atoms with van der Waals surface area (Å²) in [6.07, 6.45) is 15.0. The van der Waals surface area contributed by atoms with Gasteiger partial charge in [-0.25, -0.2) is 18.4 Å². The van der Waals surface area contributed by atoms with Gasteiger partial charge in [-0.05, 0) is 93.2 Å².